The molecule has 0 aliphatic rings. The molecule has 0 amide bonds. The van der Waals surface area contributed by atoms with E-state index in [4.69, 9.17) is 0 Å². The minimum absolute atomic E-state index is 0.283. The van der Waals surface area contributed by atoms with E-state index in [2.05, 4.69) is 51.4 Å². The van der Waals surface area contributed by atoms with Crippen LogP contribution in [-0.2, 0) is 6.42 Å². The van der Waals surface area contributed by atoms with E-state index >= 15 is 0 Å². The molecule has 0 spiro atoms. The maximum Gasteiger partial charge on any atom is 0.0466 e. The van der Waals surface area contributed by atoms with E-state index in [-0.39, 0.29) is 5.41 Å². The quantitative estimate of drug-likeness (QED) is 0.816. The largest absolute Gasteiger partial charge is 0.309 e. The maximum atomic E-state index is 3.61. The Morgan fingerprint density at radius 1 is 1.33 bits per heavy atom. The molecule has 0 aliphatic carbocycles. The summed E-state index contributed by atoms with van der Waals surface area (Å²) in [5, 5.41) is 5.82. The molecule has 0 bridgehead atoms. The van der Waals surface area contributed by atoms with Crippen molar-refractivity contribution < 1.29 is 0 Å². The second-order valence-corrected chi connectivity index (χ2v) is 5.97. The van der Waals surface area contributed by atoms with Crippen molar-refractivity contribution in [3.05, 3.63) is 21.9 Å². The van der Waals surface area contributed by atoms with E-state index < -0.39 is 0 Å². The summed E-state index contributed by atoms with van der Waals surface area (Å²) in [6, 6.07) is 2.74. The number of hydrogen-bond donors (Lipinski definition) is 1. The van der Waals surface area contributed by atoms with Crippen LogP contribution in [0, 0.1) is 5.41 Å². The summed E-state index contributed by atoms with van der Waals surface area (Å²) in [4.78, 5) is 1.52. The molecular formula is C13H23NS. The van der Waals surface area contributed by atoms with Crippen LogP contribution >= 0.6 is 11.3 Å². The van der Waals surface area contributed by atoms with E-state index in [0.29, 0.717) is 6.04 Å². The summed E-state index contributed by atoms with van der Waals surface area (Å²) in [6.45, 7) is 12.4. The molecule has 1 N–H and O–H groups in total. The molecule has 0 aromatic carbocycles. The molecule has 15 heavy (non-hydrogen) atoms. The van der Waals surface area contributed by atoms with Crippen LogP contribution in [0.15, 0.2) is 11.4 Å². The molecule has 0 saturated carbocycles. The fourth-order valence-electron chi connectivity index (χ4n) is 1.89. The average molecular weight is 225 g/mol. The first-order valence-corrected chi connectivity index (χ1v) is 6.68. The van der Waals surface area contributed by atoms with E-state index in [1.165, 1.54) is 10.4 Å². The minimum atomic E-state index is 0.283. The first-order chi connectivity index (χ1) is 7.00. The summed E-state index contributed by atoms with van der Waals surface area (Å²) in [6.07, 6.45) is 1.14. The first kappa shape index (κ1) is 12.7. The van der Waals surface area contributed by atoms with Gasteiger partial charge in [-0.1, -0.05) is 34.6 Å². The zero-order valence-electron chi connectivity index (χ0n) is 10.6. The molecule has 1 atom stereocenters. The highest BCUT2D eigenvalue weighted by atomic mass is 32.1. The first-order valence-electron chi connectivity index (χ1n) is 5.80. The zero-order chi connectivity index (χ0) is 11.5. The molecule has 0 saturated heterocycles. The lowest BCUT2D eigenvalue weighted by Gasteiger charge is -2.31. The topological polar surface area (TPSA) is 12.0 Å². The van der Waals surface area contributed by atoms with Gasteiger partial charge in [-0.2, -0.15) is 0 Å². The summed E-state index contributed by atoms with van der Waals surface area (Å²) in [7, 11) is 0. The highest BCUT2D eigenvalue weighted by Crippen LogP contribution is 2.37. The Morgan fingerprint density at radius 3 is 2.47 bits per heavy atom. The Morgan fingerprint density at radius 2 is 2.00 bits per heavy atom. The lowest BCUT2D eigenvalue weighted by Crippen LogP contribution is -2.32. The molecule has 86 valence electrons. The summed E-state index contributed by atoms with van der Waals surface area (Å²) >= 11 is 1.89. The fourth-order valence-corrected chi connectivity index (χ4v) is 3.20. The second kappa shape index (κ2) is 5.13. The van der Waals surface area contributed by atoms with Crippen molar-refractivity contribution >= 4 is 11.3 Å². The van der Waals surface area contributed by atoms with E-state index in [0.717, 1.165) is 13.0 Å². The van der Waals surface area contributed by atoms with Gasteiger partial charge in [-0.3, -0.25) is 0 Å². The number of rotatable bonds is 4. The molecule has 0 radical (unpaired) electrons. The lowest BCUT2D eigenvalue weighted by molar-refractivity contribution is 0.279. The van der Waals surface area contributed by atoms with Gasteiger partial charge in [0.2, 0.25) is 0 Å². The monoisotopic (exact) mass is 225 g/mol. The summed E-state index contributed by atoms with van der Waals surface area (Å²) in [5.74, 6) is 0. The van der Waals surface area contributed by atoms with Crippen LogP contribution in [-0.4, -0.2) is 6.54 Å². The Kier molecular flexibility index (Phi) is 4.35. The van der Waals surface area contributed by atoms with Gasteiger partial charge in [-0.15, -0.1) is 11.3 Å². The normalized spacial score (nSPS) is 14.2. The number of hydrogen-bond acceptors (Lipinski definition) is 2. The Bertz CT molecular complexity index is 296. The standard InChI is InChI=1S/C13H23NS/c1-6-10-8-9-15-11(10)12(14-7-2)13(3,4)5/h8-9,12,14H,6-7H2,1-5H3. The van der Waals surface area contributed by atoms with Gasteiger partial charge in [0, 0.05) is 10.9 Å². The van der Waals surface area contributed by atoms with Crippen LogP contribution in [0.5, 0.6) is 0 Å². The van der Waals surface area contributed by atoms with Crippen LogP contribution in [0.1, 0.15) is 51.1 Å². The minimum Gasteiger partial charge on any atom is -0.309 e. The fraction of sp³-hybridized carbons (Fsp3) is 0.692. The van der Waals surface area contributed by atoms with Gasteiger partial charge < -0.3 is 5.32 Å². The summed E-state index contributed by atoms with van der Waals surface area (Å²) < 4.78 is 0. The molecule has 1 rings (SSSR count). The zero-order valence-corrected chi connectivity index (χ0v) is 11.4. The predicted molar refractivity (Wildman–Crippen MR) is 69.6 cm³/mol. The molecule has 1 heterocycles. The van der Waals surface area contributed by atoms with Gasteiger partial charge in [0.05, 0.1) is 0 Å². The number of nitrogens with one attached hydrogen (secondary N) is 1. The van der Waals surface area contributed by atoms with Gasteiger partial charge >= 0.3 is 0 Å². The van der Waals surface area contributed by atoms with E-state index in [1.54, 1.807) is 0 Å². The van der Waals surface area contributed by atoms with Gasteiger partial charge in [0.15, 0.2) is 0 Å². The van der Waals surface area contributed by atoms with Crippen molar-refractivity contribution in [2.45, 2.75) is 47.1 Å². The van der Waals surface area contributed by atoms with Crippen molar-refractivity contribution in [1.82, 2.24) is 5.32 Å². The molecular weight excluding hydrogens is 202 g/mol. The molecule has 2 heteroatoms. The van der Waals surface area contributed by atoms with Crippen LogP contribution in [0.25, 0.3) is 0 Å². The molecule has 1 unspecified atom stereocenters. The van der Waals surface area contributed by atoms with Gasteiger partial charge in [0.25, 0.3) is 0 Å². The van der Waals surface area contributed by atoms with Gasteiger partial charge in [-0.25, -0.2) is 0 Å². The predicted octanol–water partition coefficient (Wildman–Crippen LogP) is 4.01. The van der Waals surface area contributed by atoms with Crippen molar-refractivity contribution in [3.63, 3.8) is 0 Å². The van der Waals surface area contributed by atoms with Crippen molar-refractivity contribution in [2.24, 2.45) is 5.41 Å². The Labute approximate surface area is 97.9 Å². The molecule has 1 aromatic rings. The van der Waals surface area contributed by atoms with Crippen molar-refractivity contribution in [2.75, 3.05) is 6.54 Å². The van der Waals surface area contributed by atoms with E-state index in [1.807, 2.05) is 11.3 Å². The molecule has 1 aromatic heterocycles. The Balaban J connectivity index is 2.99. The average Bonchev–Trinajstić information content (AvgIpc) is 2.59. The van der Waals surface area contributed by atoms with E-state index in [9.17, 15) is 0 Å². The third kappa shape index (κ3) is 3.05. The maximum absolute atomic E-state index is 3.61. The highest BCUT2D eigenvalue weighted by molar-refractivity contribution is 7.10. The van der Waals surface area contributed by atoms with Gasteiger partial charge in [-0.05, 0) is 35.4 Å². The van der Waals surface area contributed by atoms with Crippen LogP contribution < -0.4 is 5.32 Å². The summed E-state index contributed by atoms with van der Waals surface area (Å²) in [5.41, 5.74) is 1.78. The lowest BCUT2D eigenvalue weighted by atomic mass is 9.84. The van der Waals surface area contributed by atoms with Crippen molar-refractivity contribution in [3.8, 4) is 0 Å². The second-order valence-electron chi connectivity index (χ2n) is 5.02. The Hall–Kier alpha value is -0.340. The molecule has 1 nitrogen and oxygen atoms in total. The number of thiophene rings is 1. The molecule has 0 aliphatic heterocycles. The SMILES string of the molecule is CCNC(c1sccc1CC)C(C)(C)C. The smallest absolute Gasteiger partial charge is 0.0466 e. The van der Waals surface area contributed by atoms with Gasteiger partial charge in [0.1, 0.15) is 0 Å². The molecule has 0 fully saturated rings. The van der Waals surface area contributed by atoms with Crippen molar-refractivity contribution in [1.29, 1.82) is 0 Å². The highest BCUT2D eigenvalue weighted by Gasteiger charge is 2.27. The van der Waals surface area contributed by atoms with Crippen LogP contribution in [0.4, 0.5) is 0 Å². The number of aryl methyl sites for hydroxylation is 1. The third-order valence-corrected chi connectivity index (χ3v) is 3.72. The van der Waals surface area contributed by atoms with Crippen LogP contribution in [0.3, 0.4) is 0 Å². The van der Waals surface area contributed by atoms with Crippen LogP contribution in [0.2, 0.25) is 0 Å². The third-order valence-electron chi connectivity index (χ3n) is 2.70.